The number of carbonyl (C=O) groups is 1. The van der Waals surface area contributed by atoms with Crippen molar-refractivity contribution in [1.82, 2.24) is 14.8 Å². The highest BCUT2D eigenvalue weighted by atomic mass is 32.2. The fourth-order valence-electron chi connectivity index (χ4n) is 3.60. The van der Waals surface area contributed by atoms with Gasteiger partial charge in [0.1, 0.15) is 16.8 Å². The molecule has 7 heteroatoms. The Kier molecular flexibility index (Phi) is 6.69. The van der Waals surface area contributed by atoms with Crippen molar-refractivity contribution < 1.29 is 9.53 Å². The fourth-order valence-corrected chi connectivity index (χ4v) is 4.68. The molecule has 1 amide bonds. The van der Waals surface area contributed by atoms with E-state index in [0.29, 0.717) is 18.0 Å². The zero-order valence-corrected chi connectivity index (χ0v) is 17.9. The largest absolute Gasteiger partial charge is 0.492 e. The van der Waals surface area contributed by atoms with Gasteiger partial charge < -0.3 is 14.6 Å². The van der Waals surface area contributed by atoms with Gasteiger partial charge in [0.15, 0.2) is 5.16 Å². The van der Waals surface area contributed by atoms with Crippen molar-refractivity contribution in [2.24, 2.45) is 0 Å². The van der Waals surface area contributed by atoms with Crippen molar-refractivity contribution in [1.29, 1.82) is 0 Å². The minimum atomic E-state index is -0.447. The van der Waals surface area contributed by atoms with E-state index in [2.05, 4.69) is 20.1 Å². The number of anilines is 1. The summed E-state index contributed by atoms with van der Waals surface area (Å²) in [6.45, 7) is 3.37. The average Bonchev–Trinajstić information content (AvgIpc) is 2.99. The Labute approximate surface area is 181 Å². The van der Waals surface area contributed by atoms with E-state index in [9.17, 15) is 4.79 Å². The second kappa shape index (κ2) is 9.80. The van der Waals surface area contributed by atoms with E-state index in [1.54, 1.807) is 0 Å². The van der Waals surface area contributed by atoms with E-state index in [4.69, 9.17) is 4.74 Å². The van der Waals surface area contributed by atoms with Crippen molar-refractivity contribution in [3.63, 3.8) is 0 Å². The van der Waals surface area contributed by atoms with Crippen molar-refractivity contribution in [3.8, 4) is 5.75 Å². The molecule has 6 nitrogen and oxygen atoms in total. The fraction of sp³-hybridized carbons (Fsp3) is 0.348. The zero-order valence-electron chi connectivity index (χ0n) is 17.1. The van der Waals surface area contributed by atoms with Crippen LogP contribution in [0, 0.1) is 0 Å². The molecular formula is C23H26N4O2S. The Morgan fingerprint density at radius 3 is 2.73 bits per heavy atom. The molecule has 3 aromatic rings. The Hall–Kier alpha value is -2.80. The van der Waals surface area contributed by atoms with Crippen LogP contribution >= 0.6 is 11.8 Å². The van der Waals surface area contributed by atoms with Gasteiger partial charge in [-0.1, -0.05) is 60.6 Å². The van der Waals surface area contributed by atoms with Gasteiger partial charge in [0.2, 0.25) is 5.91 Å². The van der Waals surface area contributed by atoms with Gasteiger partial charge in [0, 0.05) is 13.0 Å². The van der Waals surface area contributed by atoms with Gasteiger partial charge in [-0.2, -0.15) is 0 Å². The van der Waals surface area contributed by atoms with Crippen molar-refractivity contribution in [3.05, 3.63) is 66.0 Å². The van der Waals surface area contributed by atoms with Gasteiger partial charge in [-0.15, -0.1) is 10.2 Å². The number of fused-ring (bicyclic) bond motifs is 1. The smallest absolute Gasteiger partial charge is 0.242 e. The van der Waals surface area contributed by atoms with Gasteiger partial charge >= 0.3 is 0 Å². The van der Waals surface area contributed by atoms with E-state index in [0.717, 1.165) is 42.4 Å². The number of nitrogens with zero attached hydrogens (tertiary/aromatic N) is 3. The molecule has 0 radical (unpaired) electrons. The number of ether oxygens (including phenoxy) is 1. The van der Waals surface area contributed by atoms with Crippen LogP contribution in [0.2, 0.25) is 0 Å². The lowest BCUT2D eigenvalue weighted by Crippen LogP contribution is -2.20. The number of hydrogen-bond donors (Lipinski definition) is 1. The quantitative estimate of drug-likeness (QED) is 0.550. The summed E-state index contributed by atoms with van der Waals surface area (Å²) in [6, 6.07) is 17.3. The second-order valence-corrected chi connectivity index (χ2v) is 8.26. The van der Waals surface area contributed by atoms with Crippen LogP contribution in [-0.4, -0.2) is 27.3 Å². The molecule has 4 rings (SSSR count). The summed E-state index contributed by atoms with van der Waals surface area (Å²) in [5, 5.41) is 12.2. The normalized spacial score (nSPS) is 14.4. The van der Waals surface area contributed by atoms with Gasteiger partial charge in [-0.3, -0.25) is 4.79 Å². The molecule has 156 valence electrons. The summed E-state index contributed by atoms with van der Waals surface area (Å²) in [5.41, 5.74) is 1.60. The topological polar surface area (TPSA) is 69.0 Å². The third-order valence-electron chi connectivity index (χ3n) is 5.08. The standard InChI is InChI=1S/C23H26N4O2S/c1-2-29-19-14-9-8-13-18(19)24-22(28)21(17-11-5-3-6-12-17)30-23-26-25-20-15-7-4-10-16-27(20)23/h3,5-6,8-9,11-14,21H,2,4,7,10,15-16H2,1H3,(H,24,28)/t21-/m0/s1. The first-order valence-corrected chi connectivity index (χ1v) is 11.3. The van der Waals surface area contributed by atoms with Crippen molar-refractivity contribution >= 4 is 23.4 Å². The number of rotatable bonds is 7. The molecule has 1 atom stereocenters. The van der Waals surface area contributed by atoms with E-state index in [-0.39, 0.29) is 5.91 Å². The molecular weight excluding hydrogens is 396 g/mol. The van der Waals surface area contributed by atoms with Gasteiger partial charge in [-0.05, 0) is 37.5 Å². The number of thioether (sulfide) groups is 1. The molecule has 0 spiro atoms. The summed E-state index contributed by atoms with van der Waals surface area (Å²) in [5.74, 6) is 1.58. The van der Waals surface area contributed by atoms with Crippen molar-refractivity contribution in [2.45, 2.75) is 49.6 Å². The monoisotopic (exact) mass is 422 g/mol. The maximum atomic E-state index is 13.4. The average molecular weight is 423 g/mol. The maximum absolute atomic E-state index is 13.4. The molecule has 2 heterocycles. The molecule has 0 saturated heterocycles. The number of benzene rings is 2. The van der Waals surface area contributed by atoms with E-state index in [1.807, 2.05) is 61.5 Å². The minimum absolute atomic E-state index is 0.107. The summed E-state index contributed by atoms with van der Waals surface area (Å²) in [6.07, 6.45) is 4.39. The molecule has 0 aliphatic carbocycles. The number of aromatic nitrogens is 3. The Balaban J connectivity index is 1.61. The number of aryl methyl sites for hydroxylation is 1. The summed E-state index contributed by atoms with van der Waals surface area (Å²) in [4.78, 5) is 13.4. The lowest BCUT2D eigenvalue weighted by atomic mass is 10.1. The second-order valence-electron chi connectivity index (χ2n) is 7.19. The third-order valence-corrected chi connectivity index (χ3v) is 6.32. The predicted molar refractivity (Wildman–Crippen MR) is 119 cm³/mol. The molecule has 0 unspecified atom stereocenters. The number of amides is 1. The molecule has 2 aromatic carbocycles. The lowest BCUT2D eigenvalue weighted by molar-refractivity contribution is -0.115. The van der Waals surface area contributed by atoms with E-state index >= 15 is 0 Å². The first kappa shape index (κ1) is 20.5. The number of nitrogens with one attached hydrogen (secondary N) is 1. The van der Waals surface area contributed by atoms with Gasteiger partial charge in [-0.25, -0.2) is 0 Å². The Morgan fingerprint density at radius 1 is 1.10 bits per heavy atom. The van der Waals surface area contributed by atoms with Crippen LogP contribution in [0.15, 0.2) is 59.8 Å². The first-order valence-electron chi connectivity index (χ1n) is 10.4. The van der Waals surface area contributed by atoms with Crippen LogP contribution in [0.1, 0.15) is 42.8 Å². The molecule has 1 N–H and O–H groups in total. The van der Waals surface area contributed by atoms with Crippen LogP contribution in [0.25, 0.3) is 0 Å². The van der Waals surface area contributed by atoms with Gasteiger partial charge in [0.25, 0.3) is 0 Å². The molecule has 0 bridgehead atoms. The molecule has 0 saturated carbocycles. The van der Waals surface area contributed by atoms with E-state index < -0.39 is 5.25 Å². The Bertz CT molecular complexity index is 990. The lowest BCUT2D eigenvalue weighted by Gasteiger charge is -2.18. The maximum Gasteiger partial charge on any atom is 0.242 e. The van der Waals surface area contributed by atoms with Crippen LogP contribution in [-0.2, 0) is 17.8 Å². The molecule has 30 heavy (non-hydrogen) atoms. The number of carbonyl (C=O) groups excluding carboxylic acids is 1. The number of hydrogen-bond acceptors (Lipinski definition) is 5. The highest BCUT2D eigenvalue weighted by molar-refractivity contribution is 8.00. The minimum Gasteiger partial charge on any atom is -0.492 e. The molecule has 1 aliphatic rings. The summed E-state index contributed by atoms with van der Waals surface area (Å²) in [7, 11) is 0. The highest BCUT2D eigenvalue weighted by Gasteiger charge is 2.26. The van der Waals surface area contributed by atoms with Crippen LogP contribution in [0.5, 0.6) is 5.75 Å². The number of para-hydroxylation sites is 2. The van der Waals surface area contributed by atoms with Crippen LogP contribution in [0.4, 0.5) is 5.69 Å². The highest BCUT2D eigenvalue weighted by Crippen LogP contribution is 2.37. The molecule has 0 fully saturated rings. The third kappa shape index (κ3) is 4.67. The first-order chi connectivity index (χ1) is 14.8. The van der Waals surface area contributed by atoms with Gasteiger partial charge in [0.05, 0.1) is 12.3 Å². The molecule has 1 aliphatic heterocycles. The van der Waals surface area contributed by atoms with Crippen molar-refractivity contribution in [2.75, 3.05) is 11.9 Å². The Morgan fingerprint density at radius 2 is 1.90 bits per heavy atom. The molecule has 1 aromatic heterocycles. The van der Waals surface area contributed by atoms with Crippen LogP contribution < -0.4 is 10.1 Å². The van der Waals surface area contributed by atoms with Crippen LogP contribution in [0.3, 0.4) is 0 Å². The SMILES string of the molecule is CCOc1ccccc1NC(=O)[C@@H](Sc1nnc2n1CCCCC2)c1ccccc1. The summed E-state index contributed by atoms with van der Waals surface area (Å²) < 4.78 is 7.85. The predicted octanol–water partition coefficient (Wildman–Crippen LogP) is 4.88. The van der Waals surface area contributed by atoms with E-state index in [1.165, 1.54) is 18.2 Å². The zero-order chi connectivity index (χ0) is 20.8. The summed E-state index contributed by atoms with van der Waals surface area (Å²) >= 11 is 1.46.